The van der Waals surface area contributed by atoms with Gasteiger partial charge in [0.1, 0.15) is 6.10 Å². The van der Waals surface area contributed by atoms with Crippen molar-refractivity contribution in [2.24, 2.45) is 4.99 Å². The lowest BCUT2D eigenvalue weighted by Gasteiger charge is -2.05. The average Bonchev–Trinajstić information content (AvgIpc) is 2.14. The fourth-order valence-electron chi connectivity index (χ4n) is 0.704. The van der Waals surface area contributed by atoms with Crippen molar-refractivity contribution in [1.82, 2.24) is 5.32 Å². The number of nitrogens with one attached hydrogen (secondary N) is 1. The first-order valence-electron chi connectivity index (χ1n) is 3.13. The van der Waals surface area contributed by atoms with Crippen molar-refractivity contribution in [2.75, 3.05) is 0 Å². The summed E-state index contributed by atoms with van der Waals surface area (Å²) in [7, 11) is 0. The zero-order valence-electron chi connectivity index (χ0n) is 5.96. The molecule has 0 spiro atoms. The molecule has 0 saturated carbocycles. The van der Waals surface area contributed by atoms with Crippen molar-refractivity contribution in [3.05, 3.63) is 0 Å². The Hall–Kier alpha value is -1.24. The Morgan fingerprint density at radius 1 is 1.70 bits per heavy atom. The molecular formula is C6H9N3O. The van der Waals surface area contributed by atoms with E-state index in [0.717, 1.165) is 0 Å². The quantitative estimate of drug-likeness (QED) is 0.386. The van der Waals surface area contributed by atoms with E-state index in [4.69, 9.17) is 10.00 Å². The normalized spacial score (nSPS) is 30.3. The molecule has 0 radical (unpaired) electrons. The molecule has 0 saturated heterocycles. The summed E-state index contributed by atoms with van der Waals surface area (Å²) < 4.78 is 5.13. The standard InChI is InChI=1S/C6H9N3O/c1-4-5(2)10-6(9-4)8-3-7/h4-5H,1-2H3,(H,8,9). The molecule has 1 aliphatic rings. The van der Waals surface area contributed by atoms with Gasteiger partial charge in [-0.15, -0.1) is 0 Å². The molecule has 2 atom stereocenters. The molecule has 0 amide bonds. The van der Waals surface area contributed by atoms with Crippen LogP contribution < -0.4 is 5.32 Å². The minimum atomic E-state index is 0.0795. The molecule has 0 aromatic carbocycles. The lowest BCUT2D eigenvalue weighted by molar-refractivity contribution is 0.212. The Balaban J connectivity index is 2.52. The van der Waals surface area contributed by atoms with Crippen LogP contribution in [0.2, 0.25) is 0 Å². The number of aliphatic imine (C=N–C) groups is 1. The Bertz CT molecular complexity index is 194. The van der Waals surface area contributed by atoms with Crippen LogP contribution in [0.15, 0.2) is 4.99 Å². The number of rotatable bonds is 0. The van der Waals surface area contributed by atoms with Crippen LogP contribution in [0.1, 0.15) is 13.8 Å². The second-order valence-electron chi connectivity index (χ2n) is 2.23. The summed E-state index contributed by atoms with van der Waals surface area (Å²) in [6, 6.07) is 0.485. The second-order valence-corrected chi connectivity index (χ2v) is 2.23. The van der Waals surface area contributed by atoms with Crippen molar-refractivity contribution in [3.8, 4) is 6.19 Å². The summed E-state index contributed by atoms with van der Waals surface area (Å²) in [6.07, 6.45) is 1.82. The molecule has 1 N–H and O–H groups in total. The SMILES string of the molecule is CC1N=C(NC#N)OC1C. The average molecular weight is 139 g/mol. The summed E-state index contributed by atoms with van der Waals surface area (Å²) in [5.74, 6) is 0. The van der Waals surface area contributed by atoms with Gasteiger partial charge in [-0.25, -0.2) is 10.3 Å². The van der Waals surface area contributed by atoms with Crippen LogP contribution in [0, 0.1) is 11.5 Å². The number of amidine groups is 1. The number of hydrogen-bond acceptors (Lipinski definition) is 4. The molecule has 54 valence electrons. The van der Waals surface area contributed by atoms with Gasteiger partial charge in [0.2, 0.25) is 0 Å². The van der Waals surface area contributed by atoms with E-state index in [1.54, 1.807) is 6.19 Å². The molecule has 10 heavy (non-hydrogen) atoms. The first-order valence-corrected chi connectivity index (χ1v) is 3.13. The summed E-state index contributed by atoms with van der Waals surface area (Å²) in [6.45, 7) is 3.86. The van der Waals surface area contributed by atoms with Gasteiger partial charge in [-0.2, -0.15) is 5.26 Å². The van der Waals surface area contributed by atoms with Crippen molar-refractivity contribution < 1.29 is 4.74 Å². The van der Waals surface area contributed by atoms with Crippen LogP contribution in [0.5, 0.6) is 0 Å². The van der Waals surface area contributed by atoms with E-state index >= 15 is 0 Å². The first kappa shape index (κ1) is 6.87. The van der Waals surface area contributed by atoms with Gasteiger partial charge in [0.15, 0.2) is 6.19 Å². The van der Waals surface area contributed by atoms with Gasteiger partial charge in [0.25, 0.3) is 6.02 Å². The van der Waals surface area contributed by atoms with Gasteiger partial charge < -0.3 is 4.74 Å². The highest BCUT2D eigenvalue weighted by Crippen LogP contribution is 2.10. The molecule has 0 bridgehead atoms. The van der Waals surface area contributed by atoms with Crippen LogP contribution in [0.4, 0.5) is 0 Å². The van der Waals surface area contributed by atoms with Crippen LogP contribution in [0.3, 0.4) is 0 Å². The maximum absolute atomic E-state index is 8.18. The third kappa shape index (κ3) is 1.18. The van der Waals surface area contributed by atoms with Gasteiger partial charge >= 0.3 is 0 Å². The van der Waals surface area contributed by atoms with Gasteiger partial charge in [0, 0.05) is 0 Å². The third-order valence-electron chi connectivity index (χ3n) is 1.46. The lowest BCUT2D eigenvalue weighted by atomic mass is 10.2. The summed E-state index contributed by atoms with van der Waals surface area (Å²) in [5.41, 5.74) is 0. The Morgan fingerprint density at radius 3 is 2.80 bits per heavy atom. The van der Waals surface area contributed by atoms with Crippen LogP contribution >= 0.6 is 0 Å². The molecule has 2 unspecified atom stereocenters. The second kappa shape index (κ2) is 2.56. The molecule has 0 fully saturated rings. The molecule has 1 heterocycles. The van der Waals surface area contributed by atoms with Gasteiger partial charge in [-0.05, 0) is 13.8 Å². The fraction of sp³-hybridized carbons (Fsp3) is 0.667. The molecule has 0 aromatic heterocycles. The monoisotopic (exact) mass is 139 g/mol. The maximum Gasteiger partial charge on any atom is 0.298 e. The molecule has 0 aliphatic carbocycles. The predicted octanol–water partition coefficient (Wildman–Crippen LogP) is 0.220. The largest absolute Gasteiger partial charge is 0.459 e. The maximum atomic E-state index is 8.18. The summed E-state index contributed by atoms with van der Waals surface area (Å²) >= 11 is 0. The van der Waals surface area contributed by atoms with Crippen molar-refractivity contribution in [1.29, 1.82) is 5.26 Å². The van der Waals surface area contributed by atoms with E-state index in [1.807, 2.05) is 13.8 Å². The summed E-state index contributed by atoms with van der Waals surface area (Å²) in [5, 5.41) is 10.5. The fourth-order valence-corrected chi connectivity index (χ4v) is 0.704. The number of nitrogens with zero attached hydrogens (tertiary/aromatic N) is 2. The summed E-state index contributed by atoms with van der Waals surface area (Å²) in [4.78, 5) is 4.02. The molecule has 0 aromatic rings. The molecule has 4 nitrogen and oxygen atoms in total. The zero-order chi connectivity index (χ0) is 7.56. The highest BCUT2D eigenvalue weighted by atomic mass is 16.5. The smallest absolute Gasteiger partial charge is 0.298 e. The van der Waals surface area contributed by atoms with Gasteiger partial charge in [-0.1, -0.05) is 0 Å². The highest BCUT2D eigenvalue weighted by Gasteiger charge is 2.22. The van der Waals surface area contributed by atoms with Crippen LogP contribution in [0.25, 0.3) is 0 Å². The highest BCUT2D eigenvalue weighted by molar-refractivity contribution is 5.76. The molecule has 1 aliphatic heterocycles. The van der Waals surface area contributed by atoms with E-state index in [-0.39, 0.29) is 12.1 Å². The number of hydrogen-bond donors (Lipinski definition) is 1. The Morgan fingerprint density at radius 2 is 2.40 bits per heavy atom. The van der Waals surface area contributed by atoms with Gasteiger partial charge in [0.05, 0.1) is 6.04 Å². The predicted molar refractivity (Wildman–Crippen MR) is 36.2 cm³/mol. The van der Waals surface area contributed by atoms with Gasteiger partial charge in [-0.3, -0.25) is 0 Å². The molecule has 4 heteroatoms. The van der Waals surface area contributed by atoms with E-state index in [1.165, 1.54) is 0 Å². The van der Waals surface area contributed by atoms with Crippen LogP contribution in [-0.2, 0) is 4.74 Å². The molecule has 1 rings (SSSR count). The number of nitriles is 1. The van der Waals surface area contributed by atoms with E-state index < -0.39 is 0 Å². The van der Waals surface area contributed by atoms with E-state index in [2.05, 4.69) is 10.3 Å². The Kier molecular flexibility index (Phi) is 1.76. The zero-order valence-corrected chi connectivity index (χ0v) is 5.96. The van der Waals surface area contributed by atoms with Crippen molar-refractivity contribution in [3.63, 3.8) is 0 Å². The van der Waals surface area contributed by atoms with E-state index in [0.29, 0.717) is 6.02 Å². The van der Waals surface area contributed by atoms with E-state index in [9.17, 15) is 0 Å². The van der Waals surface area contributed by atoms with Crippen molar-refractivity contribution >= 4 is 6.02 Å². The van der Waals surface area contributed by atoms with Crippen molar-refractivity contribution in [2.45, 2.75) is 26.0 Å². The lowest BCUT2D eigenvalue weighted by Crippen LogP contribution is -2.20. The number of ether oxygens (including phenoxy) is 1. The van der Waals surface area contributed by atoms with Crippen LogP contribution in [-0.4, -0.2) is 18.2 Å². The first-order chi connectivity index (χ1) is 4.74. The third-order valence-corrected chi connectivity index (χ3v) is 1.46. The minimum Gasteiger partial charge on any atom is -0.459 e. The topological polar surface area (TPSA) is 57.4 Å². The minimum absolute atomic E-state index is 0.0795. The Labute approximate surface area is 59.5 Å². The molecular weight excluding hydrogens is 130 g/mol.